The van der Waals surface area contributed by atoms with Crippen LogP contribution in [0.5, 0.6) is 0 Å². The third-order valence-corrected chi connectivity index (χ3v) is 4.98. The Balaban J connectivity index is 1.75. The zero-order valence-corrected chi connectivity index (χ0v) is 12.2. The molecule has 0 aliphatic carbocycles. The van der Waals surface area contributed by atoms with Gasteiger partial charge < -0.3 is 9.64 Å². The Kier molecular flexibility index (Phi) is 3.52. The summed E-state index contributed by atoms with van der Waals surface area (Å²) in [5, 5.41) is 4.82. The number of carbonyl (C=O) groups is 1. The average Bonchev–Trinajstić information content (AvgIpc) is 3.07. The average molecular weight is 294 g/mol. The van der Waals surface area contributed by atoms with Gasteiger partial charge in [-0.15, -0.1) is 22.7 Å². The SMILES string of the molecule is CCOC(=O)c1csc(N2CCc3sccc3C2)n1. The first-order valence-corrected chi connectivity index (χ1v) is 7.96. The molecule has 0 radical (unpaired) electrons. The third-order valence-electron chi connectivity index (χ3n) is 3.05. The molecule has 0 fully saturated rings. The van der Waals surface area contributed by atoms with Gasteiger partial charge in [-0.2, -0.15) is 0 Å². The molecule has 4 nitrogen and oxygen atoms in total. The summed E-state index contributed by atoms with van der Waals surface area (Å²) in [6, 6.07) is 2.17. The molecule has 0 unspecified atom stereocenters. The summed E-state index contributed by atoms with van der Waals surface area (Å²) in [4.78, 5) is 19.7. The van der Waals surface area contributed by atoms with E-state index >= 15 is 0 Å². The maximum Gasteiger partial charge on any atom is 0.357 e. The molecule has 0 spiro atoms. The van der Waals surface area contributed by atoms with Crippen molar-refractivity contribution in [2.45, 2.75) is 19.9 Å². The van der Waals surface area contributed by atoms with Crippen LogP contribution in [0.2, 0.25) is 0 Å². The lowest BCUT2D eigenvalue weighted by Gasteiger charge is -2.26. The fraction of sp³-hybridized carbons (Fsp3) is 0.385. The van der Waals surface area contributed by atoms with Crippen molar-refractivity contribution in [3.63, 3.8) is 0 Å². The van der Waals surface area contributed by atoms with Crippen LogP contribution in [0.25, 0.3) is 0 Å². The smallest absolute Gasteiger partial charge is 0.357 e. The van der Waals surface area contributed by atoms with Crippen LogP contribution in [0, 0.1) is 0 Å². The van der Waals surface area contributed by atoms with E-state index in [4.69, 9.17) is 4.74 Å². The Morgan fingerprint density at radius 1 is 1.53 bits per heavy atom. The summed E-state index contributed by atoms with van der Waals surface area (Å²) in [7, 11) is 0. The molecule has 2 aromatic heterocycles. The summed E-state index contributed by atoms with van der Waals surface area (Å²) in [5.74, 6) is -0.335. The number of hydrogen-bond donors (Lipinski definition) is 0. The number of esters is 1. The maximum absolute atomic E-state index is 11.6. The summed E-state index contributed by atoms with van der Waals surface area (Å²) < 4.78 is 4.96. The lowest BCUT2D eigenvalue weighted by molar-refractivity contribution is 0.0520. The van der Waals surface area contributed by atoms with Gasteiger partial charge in [-0.3, -0.25) is 0 Å². The first-order chi connectivity index (χ1) is 9.28. The van der Waals surface area contributed by atoms with Crippen molar-refractivity contribution < 1.29 is 9.53 Å². The zero-order valence-electron chi connectivity index (χ0n) is 10.6. The highest BCUT2D eigenvalue weighted by molar-refractivity contribution is 7.14. The Hall–Kier alpha value is -1.40. The van der Waals surface area contributed by atoms with Crippen LogP contribution >= 0.6 is 22.7 Å². The Morgan fingerprint density at radius 3 is 3.26 bits per heavy atom. The second-order valence-corrected chi connectivity index (χ2v) is 6.11. The summed E-state index contributed by atoms with van der Waals surface area (Å²) in [6.07, 6.45) is 1.06. The van der Waals surface area contributed by atoms with Crippen molar-refractivity contribution in [2.75, 3.05) is 18.1 Å². The van der Waals surface area contributed by atoms with Crippen LogP contribution in [-0.2, 0) is 17.7 Å². The minimum Gasteiger partial charge on any atom is -0.461 e. The number of aromatic nitrogens is 1. The molecule has 0 atom stereocenters. The predicted molar refractivity (Wildman–Crippen MR) is 77.1 cm³/mol. The van der Waals surface area contributed by atoms with Gasteiger partial charge >= 0.3 is 5.97 Å². The van der Waals surface area contributed by atoms with Gasteiger partial charge in [0.2, 0.25) is 0 Å². The molecule has 100 valence electrons. The van der Waals surface area contributed by atoms with Crippen LogP contribution in [0.3, 0.4) is 0 Å². The topological polar surface area (TPSA) is 42.4 Å². The second-order valence-electron chi connectivity index (χ2n) is 4.28. The Bertz CT molecular complexity index is 591. The van der Waals surface area contributed by atoms with Crippen molar-refractivity contribution in [1.29, 1.82) is 0 Å². The number of rotatable bonds is 3. The number of thiazole rings is 1. The lowest BCUT2D eigenvalue weighted by Crippen LogP contribution is -2.29. The van der Waals surface area contributed by atoms with Crippen LogP contribution in [0.1, 0.15) is 27.9 Å². The Morgan fingerprint density at radius 2 is 2.42 bits per heavy atom. The molecule has 19 heavy (non-hydrogen) atoms. The molecule has 1 aliphatic heterocycles. The molecule has 2 aromatic rings. The number of fused-ring (bicyclic) bond motifs is 1. The van der Waals surface area contributed by atoms with Crippen molar-refractivity contribution in [2.24, 2.45) is 0 Å². The van der Waals surface area contributed by atoms with Crippen molar-refractivity contribution >= 4 is 33.8 Å². The number of nitrogens with zero attached hydrogens (tertiary/aromatic N) is 2. The van der Waals surface area contributed by atoms with Crippen LogP contribution < -0.4 is 4.90 Å². The molecule has 0 N–H and O–H groups in total. The van der Waals surface area contributed by atoms with Crippen LogP contribution in [0.15, 0.2) is 16.8 Å². The molecule has 0 saturated heterocycles. The molecular weight excluding hydrogens is 280 g/mol. The molecular formula is C13H14N2O2S2. The van der Waals surface area contributed by atoms with Crippen molar-refractivity contribution in [1.82, 2.24) is 4.98 Å². The van der Waals surface area contributed by atoms with Crippen LogP contribution in [0.4, 0.5) is 5.13 Å². The van der Waals surface area contributed by atoms with Gasteiger partial charge in [0.1, 0.15) is 0 Å². The number of anilines is 1. The molecule has 0 bridgehead atoms. The zero-order chi connectivity index (χ0) is 13.2. The van der Waals surface area contributed by atoms with Gasteiger partial charge in [-0.1, -0.05) is 0 Å². The summed E-state index contributed by atoms with van der Waals surface area (Å²) >= 11 is 3.33. The minimum absolute atomic E-state index is 0.335. The van der Waals surface area contributed by atoms with Gasteiger partial charge in [-0.25, -0.2) is 9.78 Å². The van der Waals surface area contributed by atoms with Gasteiger partial charge in [0.15, 0.2) is 10.8 Å². The third kappa shape index (κ3) is 2.50. The molecule has 0 amide bonds. The highest BCUT2D eigenvalue weighted by atomic mass is 32.1. The minimum atomic E-state index is -0.335. The quantitative estimate of drug-likeness (QED) is 0.816. The molecule has 6 heteroatoms. The standard InChI is InChI=1S/C13H14N2O2S2/c1-2-17-12(16)10-8-19-13(14-10)15-5-3-11-9(7-15)4-6-18-11/h4,6,8H,2-3,5,7H2,1H3. The number of hydrogen-bond acceptors (Lipinski definition) is 6. The predicted octanol–water partition coefficient (Wildman–Crippen LogP) is 2.94. The van der Waals surface area contributed by atoms with Crippen LogP contribution in [-0.4, -0.2) is 24.1 Å². The molecule has 3 heterocycles. The van der Waals surface area contributed by atoms with E-state index in [1.165, 1.54) is 21.8 Å². The van der Waals surface area contributed by atoms with Gasteiger partial charge in [0.05, 0.1) is 6.61 Å². The fourth-order valence-electron chi connectivity index (χ4n) is 2.12. The van der Waals surface area contributed by atoms with Gasteiger partial charge in [0.25, 0.3) is 0 Å². The van der Waals surface area contributed by atoms with Crippen molar-refractivity contribution in [3.8, 4) is 0 Å². The van der Waals surface area contributed by atoms with E-state index in [0.29, 0.717) is 12.3 Å². The summed E-state index contributed by atoms with van der Waals surface area (Å²) in [6.45, 7) is 4.03. The normalized spacial score (nSPS) is 14.3. The maximum atomic E-state index is 11.6. The van der Waals surface area contributed by atoms with Gasteiger partial charge in [-0.05, 0) is 30.4 Å². The largest absolute Gasteiger partial charge is 0.461 e. The number of carbonyl (C=O) groups excluding carboxylic acids is 1. The number of thiophene rings is 1. The molecule has 3 rings (SSSR count). The fourth-order valence-corrected chi connectivity index (χ4v) is 3.83. The van der Waals surface area contributed by atoms with E-state index in [-0.39, 0.29) is 5.97 Å². The number of ether oxygens (including phenoxy) is 1. The molecule has 0 aromatic carbocycles. The van der Waals surface area contributed by atoms with E-state index in [9.17, 15) is 4.79 Å². The highest BCUT2D eigenvalue weighted by Gasteiger charge is 2.21. The monoisotopic (exact) mass is 294 g/mol. The summed E-state index contributed by atoms with van der Waals surface area (Å²) in [5.41, 5.74) is 1.79. The van der Waals surface area contributed by atoms with Gasteiger partial charge in [0, 0.05) is 23.3 Å². The first-order valence-electron chi connectivity index (χ1n) is 6.20. The van der Waals surface area contributed by atoms with E-state index in [0.717, 1.165) is 24.6 Å². The van der Waals surface area contributed by atoms with E-state index in [1.54, 1.807) is 12.3 Å². The molecule has 0 saturated carbocycles. The van der Waals surface area contributed by atoms with Crippen molar-refractivity contribution in [3.05, 3.63) is 33.0 Å². The van der Waals surface area contributed by atoms with E-state index in [2.05, 4.69) is 21.3 Å². The Labute approximate surface area is 119 Å². The van der Waals surface area contributed by atoms with E-state index < -0.39 is 0 Å². The highest BCUT2D eigenvalue weighted by Crippen LogP contribution is 2.29. The van der Waals surface area contributed by atoms with E-state index in [1.807, 2.05) is 11.3 Å². The first kappa shape index (κ1) is 12.6. The second kappa shape index (κ2) is 5.30. The lowest BCUT2D eigenvalue weighted by atomic mass is 10.1. The molecule has 1 aliphatic rings.